The Bertz CT molecular complexity index is 1120. The Morgan fingerprint density at radius 1 is 1.00 bits per heavy atom. The third kappa shape index (κ3) is 2.76. The van der Waals surface area contributed by atoms with E-state index in [4.69, 9.17) is 4.74 Å². The SMILES string of the molecule is O=C(OCC(=O)c1cccs1)c1cccc(N2C(=O)[C@@H]3[C@H]4C=C[C@@H]([C@@H]5C[C@H]45)[C@@H]3C2=O)c1. The lowest BCUT2D eigenvalue weighted by molar-refractivity contribution is -0.124. The molecule has 7 rings (SSSR count). The van der Waals surface area contributed by atoms with Crippen molar-refractivity contribution in [3.8, 4) is 0 Å². The second kappa shape index (κ2) is 6.72. The van der Waals surface area contributed by atoms with E-state index in [1.807, 2.05) is 0 Å². The molecule has 3 fully saturated rings. The van der Waals surface area contributed by atoms with E-state index in [1.54, 1.807) is 35.7 Å². The van der Waals surface area contributed by atoms with Gasteiger partial charge in [0.15, 0.2) is 6.61 Å². The highest BCUT2D eigenvalue weighted by Crippen LogP contribution is 2.65. The van der Waals surface area contributed by atoms with Crippen LogP contribution < -0.4 is 4.90 Å². The number of amides is 2. The summed E-state index contributed by atoms with van der Waals surface area (Å²) in [6.45, 7) is -0.354. The number of Topliss-reactive ketones (excluding diaryl/α,β-unsaturated/α-hetero) is 1. The first kappa shape index (κ1) is 18.7. The molecule has 2 amide bonds. The number of ketones is 1. The topological polar surface area (TPSA) is 80.8 Å². The van der Waals surface area contributed by atoms with Gasteiger partial charge in [0.05, 0.1) is 28.0 Å². The number of allylic oxidation sites excluding steroid dienone is 2. The predicted octanol–water partition coefficient (Wildman–Crippen LogP) is 3.35. The number of imide groups is 1. The largest absolute Gasteiger partial charge is 0.454 e. The average molecular weight is 433 g/mol. The predicted molar refractivity (Wildman–Crippen MR) is 113 cm³/mol. The number of nitrogens with zero attached hydrogens (tertiary/aromatic N) is 1. The summed E-state index contributed by atoms with van der Waals surface area (Å²) in [5.41, 5.74) is 0.590. The van der Waals surface area contributed by atoms with Gasteiger partial charge in [0.25, 0.3) is 0 Å². The molecular formula is C24H19NO5S. The minimum Gasteiger partial charge on any atom is -0.454 e. The molecule has 4 aliphatic carbocycles. The van der Waals surface area contributed by atoms with Gasteiger partial charge < -0.3 is 4.74 Å². The van der Waals surface area contributed by atoms with Crippen molar-refractivity contribution in [2.75, 3.05) is 11.5 Å². The first-order valence-corrected chi connectivity index (χ1v) is 11.3. The molecule has 2 saturated carbocycles. The lowest BCUT2D eigenvalue weighted by Crippen LogP contribution is -2.40. The number of esters is 1. The monoisotopic (exact) mass is 433 g/mol. The molecule has 1 saturated heterocycles. The van der Waals surface area contributed by atoms with E-state index in [9.17, 15) is 19.2 Å². The van der Waals surface area contributed by atoms with E-state index in [2.05, 4.69) is 12.2 Å². The molecule has 156 valence electrons. The number of ether oxygens (including phenoxy) is 1. The summed E-state index contributed by atoms with van der Waals surface area (Å²) in [6.07, 6.45) is 5.38. The second-order valence-electron chi connectivity index (χ2n) is 8.69. The first-order chi connectivity index (χ1) is 15.0. The van der Waals surface area contributed by atoms with Gasteiger partial charge in [0, 0.05) is 0 Å². The number of hydrogen-bond acceptors (Lipinski definition) is 6. The van der Waals surface area contributed by atoms with E-state index < -0.39 is 5.97 Å². The van der Waals surface area contributed by atoms with Crippen LogP contribution in [0.15, 0.2) is 53.9 Å². The second-order valence-corrected chi connectivity index (χ2v) is 9.64. The molecule has 6 nitrogen and oxygen atoms in total. The lowest BCUT2D eigenvalue weighted by atomic mass is 9.63. The van der Waals surface area contributed by atoms with Crippen LogP contribution in [0, 0.1) is 35.5 Å². The van der Waals surface area contributed by atoms with E-state index in [-0.39, 0.29) is 53.4 Å². The fraction of sp³-hybridized carbons (Fsp3) is 0.333. The number of anilines is 1. The molecule has 2 heterocycles. The molecule has 6 atom stereocenters. The molecule has 0 unspecified atom stereocenters. The molecule has 0 radical (unpaired) electrons. The highest BCUT2D eigenvalue weighted by molar-refractivity contribution is 7.12. The number of rotatable bonds is 5. The van der Waals surface area contributed by atoms with Crippen LogP contribution in [0.3, 0.4) is 0 Å². The summed E-state index contributed by atoms with van der Waals surface area (Å²) in [5, 5.41) is 1.78. The maximum absolute atomic E-state index is 13.2. The summed E-state index contributed by atoms with van der Waals surface area (Å²) in [7, 11) is 0. The number of hydrogen-bond donors (Lipinski definition) is 0. The molecule has 7 heteroatoms. The number of thiophene rings is 1. The highest BCUT2D eigenvalue weighted by Gasteiger charge is 2.67. The zero-order chi connectivity index (χ0) is 21.3. The summed E-state index contributed by atoms with van der Waals surface area (Å²) >= 11 is 1.29. The van der Waals surface area contributed by atoms with Crippen LogP contribution >= 0.6 is 11.3 Å². The van der Waals surface area contributed by atoms with Gasteiger partial charge in [-0.2, -0.15) is 0 Å². The van der Waals surface area contributed by atoms with Crippen molar-refractivity contribution >= 4 is 40.6 Å². The fourth-order valence-electron chi connectivity index (χ4n) is 5.71. The zero-order valence-electron chi connectivity index (χ0n) is 16.5. The van der Waals surface area contributed by atoms with Gasteiger partial charge in [0.1, 0.15) is 0 Å². The van der Waals surface area contributed by atoms with Crippen molar-refractivity contribution in [3.05, 3.63) is 64.4 Å². The summed E-state index contributed by atoms with van der Waals surface area (Å²) in [4.78, 5) is 52.8. The highest BCUT2D eigenvalue weighted by atomic mass is 32.1. The third-order valence-electron chi connectivity index (χ3n) is 7.13. The Balaban J connectivity index is 1.21. The number of benzene rings is 1. The smallest absolute Gasteiger partial charge is 0.338 e. The van der Waals surface area contributed by atoms with E-state index in [0.717, 1.165) is 6.42 Å². The molecular weight excluding hydrogens is 414 g/mol. The van der Waals surface area contributed by atoms with Crippen molar-refractivity contribution < 1.29 is 23.9 Å². The van der Waals surface area contributed by atoms with Gasteiger partial charge in [-0.05, 0) is 59.7 Å². The van der Waals surface area contributed by atoms with Crippen molar-refractivity contribution in [2.24, 2.45) is 35.5 Å². The van der Waals surface area contributed by atoms with Crippen molar-refractivity contribution in [1.82, 2.24) is 0 Å². The molecule has 31 heavy (non-hydrogen) atoms. The van der Waals surface area contributed by atoms with Crippen LogP contribution in [0.25, 0.3) is 0 Å². The van der Waals surface area contributed by atoms with Gasteiger partial charge >= 0.3 is 5.97 Å². The molecule has 5 aliphatic rings. The van der Waals surface area contributed by atoms with Gasteiger partial charge in [-0.3, -0.25) is 14.4 Å². The van der Waals surface area contributed by atoms with Gasteiger partial charge in [0.2, 0.25) is 17.6 Å². The lowest BCUT2D eigenvalue weighted by Gasteiger charge is -2.37. The summed E-state index contributed by atoms with van der Waals surface area (Å²) < 4.78 is 5.16. The Kier molecular flexibility index (Phi) is 4.05. The summed E-state index contributed by atoms with van der Waals surface area (Å²) in [6, 6.07) is 9.78. The van der Waals surface area contributed by atoms with Gasteiger partial charge in [-0.15, -0.1) is 11.3 Å². The van der Waals surface area contributed by atoms with Crippen LogP contribution in [0.4, 0.5) is 5.69 Å². The Labute approximate surface area is 182 Å². The number of carbonyl (C=O) groups excluding carboxylic acids is 4. The first-order valence-electron chi connectivity index (χ1n) is 10.4. The van der Waals surface area contributed by atoms with Crippen LogP contribution in [-0.2, 0) is 14.3 Å². The fourth-order valence-corrected chi connectivity index (χ4v) is 6.36. The van der Waals surface area contributed by atoms with Gasteiger partial charge in [-0.1, -0.05) is 24.3 Å². The summed E-state index contributed by atoms with van der Waals surface area (Å²) in [5.74, 6) is -0.464. The zero-order valence-corrected chi connectivity index (χ0v) is 17.3. The maximum atomic E-state index is 13.2. The van der Waals surface area contributed by atoms with E-state index >= 15 is 0 Å². The molecule has 1 aromatic carbocycles. The molecule has 2 bridgehead atoms. The van der Waals surface area contributed by atoms with Crippen LogP contribution in [-0.4, -0.2) is 30.2 Å². The van der Waals surface area contributed by atoms with E-state index in [1.165, 1.54) is 22.3 Å². The molecule has 1 aromatic heterocycles. The van der Waals surface area contributed by atoms with Crippen LogP contribution in [0.1, 0.15) is 26.5 Å². The Morgan fingerprint density at radius 2 is 1.71 bits per heavy atom. The average Bonchev–Trinajstić information content (AvgIpc) is 3.35. The maximum Gasteiger partial charge on any atom is 0.338 e. The Morgan fingerprint density at radius 3 is 2.35 bits per heavy atom. The van der Waals surface area contributed by atoms with Crippen molar-refractivity contribution in [2.45, 2.75) is 6.42 Å². The third-order valence-corrected chi connectivity index (χ3v) is 8.04. The quantitative estimate of drug-likeness (QED) is 0.313. The van der Waals surface area contributed by atoms with E-state index in [0.29, 0.717) is 22.4 Å². The van der Waals surface area contributed by atoms with Crippen molar-refractivity contribution in [3.63, 3.8) is 0 Å². The minimum atomic E-state index is -0.661. The Hall–Kier alpha value is -3.06. The molecule has 0 spiro atoms. The van der Waals surface area contributed by atoms with Crippen LogP contribution in [0.2, 0.25) is 0 Å². The van der Waals surface area contributed by atoms with Crippen molar-refractivity contribution in [1.29, 1.82) is 0 Å². The number of carbonyl (C=O) groups is 4. The molecule has 2 aromatic rings. The van der Waals surface area contributed by atoms with Gasteiger partial charge in [-0.25, -0.2) is 9.69 Å². The molecule has 1 aliphatic heterocycles. The standard InChI is InChI=1S/C24H19NO5S/c26-18(19-5-2-8-31-19)11-30-24(29)12-3-1-4-13(9-12)25-22(27)20-14-6-7-15(17-10-16(14)17)21(20)23(25)28/h1-9,14-17,20-21H,10-11H2/t14-,15-,16-,17+,20-,21+/m0/s1. The molecule has 0 N–H and O–H groups in total. The minimum absolute atomic E-state index is 0.151. The van der Waals surface area contributed by atoms with Crippen LogP contribution in [0.5, 0.6) is 0 Å². The normalized spacial score (nSPS) is 32.1.